The van der Waals surface area contributed by atoms with Crippen LogP contribution in [0.2, 0.25) is 0 Å². The predicted molar refractivity (Wildman–Crippen MR) is 131 cm³/mol. The third kappa shape index (κ3) is 2.19. The van der Waals surface area contributed by atoms with Gasteiger partial charge in [0.05, 0.1) is 18.3 Å². The molecule has 3 spiro atoms. The fourth-order valence-corrected chi connectivity index (χ4v) is 13.0. The van der Waals surface area contributed by atoms with Gasteiger partial charge in [0.2, 0.25) is 5.79 Å². The van der Waals surface area contributed by atoms with Gasteiger partial charge in [-0.05, 0) is 97.2 Å². The standard InChI is InChI=1S/C30H46O6/c1-15-11-30(22-27(6,35-22)23(33)36-30)34-16-12-25(4)18-8-7-17-24(2,3)19(31)9-10-28(17)14-29(18,28)13-20(32)26(25,5)21(15)16/h15-23,31-33H,7-14H2,1-6H3/t15-,16+,17+,18+,19+,20-,21+,22-,23+,25+,26-,27+,28-,29+,30-/m1/s1. The molecule has 0 radical (unpaired) electrons. The smallest absolute Gasteiger partial charge is 0.201 e. The highest BCUT2D eigenvalue weighted by atomic mass is 16.8. The van der Waals surface area contributed by atoms with E-state index in [-0.39, 0.29) is 57.4 Å². The minimum absolute atomic E-state index is 0.00402. The van der Waals surface area contributed by atoms with Crippen molar-refractivity contribution < 1.29 is 29.5 Å². The maximum Gasteiger partial charge on any atom is 0.201 e. The summed E-state index contributed by atoms with van der Waals surface area (Å²) in [4.78, 5) is 0. The number of epoxide rings is 1. The van der Waals surface area contributed by atoms with Crippen LogP contribution in [0.5, 0.6) is 0 Å². The van der Waals surface area contributed by atoms with Crippen molar-refractivity contribution in [2.75, 3.05) is 0 Å². The molecule has 8 aliphatic rings. The second-order valence-corrected chi connectivity index (χ2v) is 16.0. The fourth-order valence-electron chi connectivity index (χ4n) is 13.0. The third-order valence-electron chi connectivity index (χ3n) is 14.8. The lowest BCUT2D eigenvalue weighted by molar-refractivity contribution is -0.346. The quantitative estimate of drug-likeness (QED) is 0.434. The molecule has 0 aromatic rings. The third-order valence-corrected chi connectivity index (χ3v) is 14.8. The van der Waals surface area contributed by atoms with Crippen molar-refractivity contribution in [1.29, 1.82) is 0 Å². The van der Waals surface area contributed by atoms with Crippen LogP contribution in [-0.4, -0.2) is 57.4 Å². The van der Waals surface area contributed by atoms with Gasteiger partial charge in [-0.3, -0.25) is 0 Å². The van der Waals surface area contributed by atoms with E-state index >= 15 is 0 Å². The molecule has 0 aromatic heterocycles. The summed E-state index contributed by atoms with van der Waals surface area (Å²) in [5.41, 5.74) is -0.433. The average molecular weight is 503 g/mol. The number of rotatable bonds is 0. The average Bonchev–Trinajstić information content (AvgIpc) is 3.62. The molecule has 0 aromatic carbocycles. The van der Waals surface area contributed by atoms with E-state index in [1.54, 1.807) is 0 Å². The summed E-state index contributed by atoms with van der Waals surface area (Å²) in [5, 5.41) is 33.7. The molecule has 5 saturated carbocycles. The Morgan fingerprint density at radius 1 is 0.750 bits per heavy atom. The summed E-state index contributed by atoms with van der Waals surface area (Å²) in [5.74, 6) is 0.843. The Morgan fingerprint density at radius 2 is 1.47 bits per heavy atom. The van der Waals surface area contributed by atoms with E-state index in [4.69, 9.17) is 14.2 Å². The van der Waals surface area contributed by atoms with E-state index < -0.39 is 17.7 Å². The van der Waals surface area contributed by atoms with Gasteiger partial charge in [-0.15, -0.1) is 0 Å². The van der Waals surface area contributed by atoms with Gasteiger partial charge in [0.1, 0.15) is 11.7 Å². The Bertz CT molecular complexity index is 1030. The first-order chi connectivity index (χ1) is 16.7. The van der Waals surface area contributed by atoms with Crippen molar-refractivity contribution in [2.45, 2.75) is 135 Å². The zero-order valence-corrected chi connectivity index (χ0v) is 22.9. The molecule has 3 saturated heterocycles. The highest BCUT2D eigenvalue weighted by Crippen LogP contribution is 2.89. The molecule has 6 heteroatoms. The Labute approximate surface area is 215 Å². The molecule has 0 amide bonds. The molecule has 0 unspecified atom stereocenters. The monoisotopic (exact) mass is 502 g/mol. The lowest BCUT2D eigenvalue weighted by Gasteiger charge is -2.64. The van der Waals surface area contributed by atoms with Crippen LogP contribution in [0.25, 0.3) is 0 Å². The van der Waals surface area contributed by atoms with Crippen molar-refractivity contribution >= 4 is 0 Å². The van der Waals surface area contributed by atoms with Gasteiger partial charge in [-0.1, -0.05) is 34.6 Å². The van der Waals surface area contributed by atoms with Gasteiger partial charge in [-0.25, -0.2) is 0 Å². The summed E-state index contributed by atoms with van der Waals surface area (Å²) in [6.45, 7) is 13.7. The van der Waals surface area contributed by atoms with Crippen molar-refractivity contribution in [3.05, 3.63) is 0 Å². The summed E-state index contributed by atoms with van der Waals surface area (Å²) < 4.78 is 19.0. The molecular weight excluding hydrogens is 456 g/mol. The van der Waals surface area contributed by atoms with Gasteiger partial charge < -0.3 is 29.5 Å². The predicted octanol–water partition coefficient (Wildman–Crippen LogP) is 3.99. The van der Waals surface area contributed by atoms with Gasteiger partial charge >= 0.3 is 0 Å². The highest BCUT2D eigenvalue weighted by Gasteiger charge is 2.86. The lowest BCUT2D eigenvalue weighted by Crippen LogP contribution is -2.63. The largest absolute Gasteiger partial charge is 0.393 e. The molecule has 8 fully saturated rings. The molecule has 202 valence electrons. The number of aliphatic hydroxyl groups is 3. The second-order valence-electron chi connectivity index (χ2n) is 16.0. The molecule has 3 heterocycles. The van der Waals surface area contributed by atoms with Crippen LogP contribution in [0.1, 0.15) is 92.9 Å². The fraction of sp³-hybridized carbons (Fsp3) is 1.00. The summed E-state index contributed by atoms with van der Waals surface area (Å²) >= 11 is 0. The van der Waals surface area contributed by atoms with Crippen LogP contribution < -0.4 is 0 Å². The van der Waals surface area contributed by atoms with Crippen LogP contribution in [0.15, 0.2) is 0 Å². The van der Waals surface area contributed by atoms with Crippen LogP contribution in [-0.2, 0) is 14.2 Å². The first-order valence-corrected chi connectivity index (χ1v) is 14.8. The van der Waals surface area contributed by atoms with Crippen molar-refractivity contribution in [1.82, 2.24) is 0 Å². The summed E-state index contributed by atoms with van der Waals surface area (Å²) in [7, 11) is 0. The van der Waals surface area contributed by atoms with E-state index in [9.17, 15) is 15.3 Å². The topological polar surface area (TPSA) is 91.7 Å². The van der Waals surface area contributed by atoms with E-state index in [0.717, 1.165) is 25.7 Å². The molecule has 0 bridgehead atoms. The summed E-state index contributed by atoms with van der Waals surface area (Å²) in [6.07, 6.45) is 6.48. The SMILES string of the molecule is C[C@@H]1C[C@@]2(O[C@H]3C[C@@]4(C)[C@@H]5CC[C@H]6C(C)(C)[C@@H](O)CC[C@@]67C[C@@]57C[C@@H](O)[C@]4(C)[C@@H]13)O[C@H](O)[C@@]1(C)O[C@@H]21. The number of ether oxygens (including phenoxy) is 3. The van der Waals surface area contributed by atoms with E-state index in [0.29, 0.717) is 24.2 Å². The normalized spacial score (nSPS) is 69.8. The Morgan fingerprint density at radius 3 is 2.14 bits per heavy atom. The van der Waals surface area contributed by atoms with Crippen LogP contribution in [0.4, 0.5) is 0 Å². The van der Waals surface area contributed by atoms with Gasteiger partial charge in [0, 0.05) is 11.8 Å². The van der Waals surface area contributed by atoms with Gasteiger partial charge in [-0.2, -0.15) is 0 Å². The minimum Gasteiger partial charge on any atom is -0.393 e. The van der Waals surface area contributed by atoms with E-state index in [1.807, 2.05) is 6.92 Å². The molecule has 6 nitrogen and oxygen atoms in total. The molecular formula is C30H46O6. The molecule has 5 aliphatic carbocycles. The number of fused-ring (bicyclic) bond motifs is 6. The molecule has 8 rings (SSSR count). The Kier molecular flexibility index (Phi) is 4.09. The zero-order chi connectivity index (χ0) is 25.5. The van der Waals surface area contributed by atoms with Crippen LogP contribution in [0.3, 0.4) is 0 Å². The Balaban J connectivity index is 1.17. The second kappa shape index (κ2) is 6.23. The first kappa shape index (κ1) is 23.6. The van der Waals surface area contributed by atoms with Crippen molar-refractivity contribution in [3.63, 3.8) is 0 Å². The Hall–Kier alpha value is -0.240. The lowest BCUT2D eigenvalue weighted by atomic mass is 9.41. The van der Waals surface area contributed by atoms with Crippen molar-refractivity contribution in [2.24, 2.45) is 50.7 Å². The zero-order valence-electron chi connectivity index (χ0n) is 22.9. The molecule has 36 heavy (non-hydrogen) atoms. The highest BCUT2D eigenvalue weighted by molar-refractivity contribution is 5.33. The maximum absolute atomic E-state index is 12.2. The van der Waals surface area contributed by atoms with Crippen molar-refractivity contribution in [3.8, 4) is 0 Å². The maximum atomic E-state index is 12.2. The van der Waals surface area contributed by atoms with E-state index in [1.165, 1.54) is 19.3 Å². The molecule has 3 N–H and O–H groups in total. The minimum atomic E-state index is -0.943. The number of aliphatic hydroxyl groups excluding tert-OH is 3. The van der Waals surface area contributed by atoms with Crippen LogP contribution in [0, 0.1) is 50.7 Å². The van der Waals surface area contributed by atoms with E-state index in [2.05, 4.69) is 34.6 Å². The number of hydrogen-bond donors (Lipinski definition) is 3. The summed E-state index contributed by atoms with van der Waals surface area (Å²) in [6, 6.07) is 0. The molecule has 15 atom stereocenters. The number of hydrogen-bond acceptors (Lipinski definition) is 6. The van der Waals surface area contributed by atoms with Gasteiger partial charge in [0.15, 0.2) is 6.29 Å². The van der Waals surface area contributed by atoms with Gasteiger partial charge in [0.25, 0.3) is 0 Å². The first-order valence-electron chi connectivity index (χ1n) is 14.8. The van der Waals surface area contributed by atoms with Crippen LogP contribution >= 0.6 is 0 Å². The molecule has 3 aliphatic heterocycles.